The van der Waals surface area contributed by atoms with Crippen molar-refractivity contribution in [3.63, 3.8) is 0 Å². The van der Waals surface area contributed by atoms with Crippen molar-refractivity contribution >= 4 is 35.9 Å². The van der Waals surface area contributed by atoms with Gasteiger partial charge in [0.1, 0.15) is 0 Å². The summed E-state index contributed by atoms with van der Waals surface area (Å²) in [5.41, 5.74) is 1.31. The van der Waals surface area contributed by atoms with Gasteiger partial charge in [-0.15, -0.1) is 24.0 Å². The Morgan fingerprint density at radius 2 is 1.80 bits per heavy atom. The standard InChI is InChI=1S/C18H29N3O3.HI/c1-6-19-17(21-13-18(3,4)23-5)20-12-14-8-10-15(11-9-14)16(22)24-7-2;/h8-11H,6-7,12-13H2,1-5H3,(H2,19,20,21);1H. The fourth-order valence-corrected chi connectivity index (χ4v) is 1.84. The van der Waals surface area contributed by atoms with Gasteiger partial charge in [-0.1, -0.05) is 12.1 Å². The number of halogens is 1. The molecule has 7 heteroatoms. The first-order valence-corrected chi connectivity index (χ1v) is 8.25. The van der Waals surface area contributed by atoms with E-state index in [1.54, 1.807) is 26.2 Å². The first-order chi connectivity index (χ1) is 11.4. The highest BCUT2D eigenvalue weighted by molar-refractivity contribution is 14.0. The Balaban J connectivity index is 0.00000576. The quantitative estimate of drug-likeness (QED) is 0.269. The number of methoxy groups -OCH3 is 1. The number of carbonyl (C=O) groups is 1. The molecule has 0 aliphatic heterocycles. The summed E-state index contributed by atoms with van der Waals surface area (Å²) in [5, 5.41) is 6.47. The van der Waals surface area contributed by atoms with Crippen LogP contribution in [0.25, 0.3) is 0 Å². The van der Waals surface area contributed by atoms with Crippen LogP contribution >= 0.6 is 24.0 Å². The fourth-order valence-electron chi connectivity index (χ4n) is 1.84. The molecule has 0 heterocycles. The molecule has 0 aromatic heterocycles. The second-order valence-corrected chi connectivity index (χ2v) is 5.93. The first kappa shape index (κ1) is 23.6. The topological polar surface area (TPSA) is 72.0 Å². The molecular formula is C18H30IN3O3. The summed E-state index contributed by atoms with van der Waals surface area (Å²) >= 11 is 0. The lowest BCUT2D eigenvalue weighted by atomic mass is 10.1. The smallest absolute Gasteiger partial charge is 0.338 e. The Bertz CT molecular complexity index is 545. The van der Waals surface area contributed by atoms with Crippen molar-refractivity contribution in [3.8, 4) is 0 Å². The highest BCUT2D eigenvalue weighted by Gasteiger charge is 2.16. The highest BCUT2D eigenvalue weighted by Crippen LogP contribution is 2.08. The van der Waals surface area contributed by atoms with Crippen LogP contribution in [0.15, 0.2) is 29.3 Å². The third-order valence-electron chi connectivity index (χ3n) is 3.46. The molecule has 142 valence electrons. The van der Waals surface area contributed by atoms with Crippen molar-refractivity contribution in [2.45, 2.75) is 39.8 Å². The zero-order chi connectivity index (χ0) is 18.0. The Labute approximate surface area is 167 Å². The van der Waals surface area contributed by atoms with Crippen molar-refractivity contribution in [1.29, 1.82) is 0 Å². The number of rotatable bonds is 8. The number of aliphatic imine (C=N–C) groups is 1. The van der Waals surface area contributed by atoms with Gasteiger partial charge in [-0.05, 0) is 45.4 Å². The monoisotopic (exact) mass is 463 g/mol. The van der Waals surface area contributed by atoms with Gasteiger partial charge < -0.3 is 20.1 Å². The summed E-state index contributed by atoms with van der Waals surface area (Å²) in [4.78, 5) is 16.2. The average molecular weight is 463 g/mol. The van der Waals surface area contributed by atoms with Crippen molar-refractivity contribution in [2.24, 2.45) is 4.99 Å². The van der Waals surface area contributed by atoms with Gasteiger partial charge >= 0.3 is 5.97 Å². The van der Waals surface area contributed by atoms with E-state index in [1.807, 2.05) is 32.9 Å². The van der Waals surface area contributed by atoms with Crippen LogP contribution in [0.1, 0.15) is 43.6 Å². The molecule has 1 aromatic rings. The molecule has 0 bridgehead atoms. The number of hydrogen-bond donors (Lipinski definition) is 2. The molecule has 0 aliphatic rings. The van der Waals surface area contributed by atoms with Crippen molar-refractivity contribution in [3.05, 3.63) is 35.4 Å². The van der Waals surface area contributed by atoms with E-state index < -0.39 is 0 Å². The van der Waals surface area contributed by atoms with E-state index in [0.29, 0.717) is 25.3 Å². The Hall–Kier alpha value is -1.35. The largest absolute Gasteiger partial charge is 0.462 e. The van der Waals surface area contributed by atoms with Crippen LogP contribution in [-0.2, 0) is 16.0 Å². The lowest BCUT2D eigenvalue weighted by molar-refractivity contribution is 0.0268. The summed E-state index contributed by atoms with van der Waals surface area (Å²) in [6.45, 7) is 10.2. The fraction of sp³-hybridized carbons (Fsp3) is 0.556. The second-order valence-electron chi connectivity index (χ2n) is 5.93. The van der Waals surface area contributed by atoms with Crippen molar-refractivity contribution < 1.29 is 14.3 Å². The van der Waals surface area contributed by atoms with Crippen LogP contribution in [0.3, 0.4) is 0 Å². The van der Waals surface area contributed by atoms with Gasteiger partial charge in [0.25, 0.3) is 0 Å². The first-order valence-electron chi connectivity index (χ1n) is 8.25. The molecule has 0 atom stereocenters. The summed E-state index contributed by atoms with van der Waals surface area (Å²) in [7, 11) is 1.69. The van der Waals surface area contributed by atoms with E-state index in [2.05, 4.69) is 15.6 Å². The number of guanidine groups is 1. The number of esters is 1. The van der Waals surface area contributed by atoms with Crippen LogP contribution in [0.5, 0.6) is 0 Å². The SMILES string of the molecule is CCNC(=NCc1ccc(C(=O)OCC)cc1)NCC(C)(C)OC.I. The third-order valence-corrected chi connectivity index (χ3v) is 3.46. The maximum Gasteiger partial charge on any atom is 0.338 e. The molecule has 0 aliphatic carbocycles. The number of benzene rings is 1. The molecule has 25 heavy (non-hydrogen) atoms. The van der Waals surface area contributed by atoms with Gasteiger partial charge in [0.05, 0.1) is 24.3 Å². The highest BCUT2D eigenvalue weighted by atomic mass is 127. The zero-order valence-corrected chi connectivity index (χ0v) is 18.0. The summed E-state index contributed by atoms with van der Waals surface area (Å²) < 4.78 is 10.4. The predicted molar refractivity (Wildman–Crippen MR) is 112 cm³/mol. The molecule has 1 rings (SSSR count). The van der Waals surface area contributed by atoms with E-state index in [-0.39, 0.29) is 35.5 Å². The molecule has 0 unspecified atom stereocenters. The molecular weight excluding hydrogens is 433 g/mol. The minimum atomic E-state index is -0.302. The number of hydrogen-bond acceptors (Lipinski definition) is 4. The van der Waals surface area contributed by atoms with Crippen LogP contribution in [-0.4, -0.2) is 44.3 Å². The van der Waals surface area contributed by atoms with Gasteiger partial charge in [-0.25, -0.2) is 9.79 Å². The Kier molecular flexibility index (Phi) is 11.4. The van der Waals surface area contributed by atoms with Crippen LogP contribution in [0, 0.1) is 0 Å². The van der Waals surface area contributed by atoms with E-state index in [4.69, 9.17) is 9.47 Å². The van der Waals surface area contributed by atoms with Crippen LogP contribution in [0.4, 0.5) is 0 Å². The second kappa shape index (κ2) is 12.1. The average Bonchev–Trinajstić information content (AvgIpc) is 2.58. The van der Waals surface area contributed by atoms with Gasteiger partial charge in [-0.2, -0.15) is 0 Å². The van der Waals surface area contributed by atoms with E-state index >= 15 is 0 Å². The lowest BCUT2D eigenvalue weighted by Gasteiger charge is -2.24. The number of nitrogens with zero attached hydrogens (tertiary/aromatic N) is 1. The lowest BCUT2D eigenvalue weighted by Crippen LogP contribution is -2.45. The number of ether oxygens (including phenoxy) is 2. The van der Waals surface area contributed by atoms with Gasteiger partial charge in [0.15, 0.2) is 5.96 Å². The van der Waals surface area contributed by atoms with Crippen LogP contribution in [0.2, 0.25) is 0 Å². The van der Waals surface area contributed by atoms with Gasteiger partial charge in [-0.3, -0.25) is 0 Å². The molecule has 0 amide bonds. The van der Waals surface area contributed by atoms with E-state index in [9.17, 15) is 4.79 Å². The molecule has 0 fully saturated rings. The number of nitrogens with one attached hydrogen (secondary N) is 2. The summed E-state index contributed by atoms with van der Waals surface area (Å²) in [6, 6.07) is 7.30. The van der Waals surface area contributed by atoms with Gasteiger partial charge in [0, 0.05) is 20.2 Å². The Morgan fingerprint density at radius 3 is 2.32 bits per heavy atom. The molecule has 1 aromatic carbocycles. The molecule has 0 saturated heterocycles. The minimum Gasteiger partial charge on any atom is -0.462 e. The molecule has 0 radical (unpaired) electrons. The summed E-state index contributed by atoms with van der Waals surface area (Å²) in [6.07, 6.45) is 0. The number of carbonyl (C=O) groups excluding carboxylic acids is 1. The van der Waals surface area contributed by atoms with E-state index in [1.165, 1.54) is 0 Å². The van der Waals surface area contributed by atoms with E-state index in [0.717, 1.165) is 18.1 Å². The molecule has 0 spiro atoms. The summed E-state index contributed by atoms with van der Waals surface area (Å²) in [5.74, 6) is 0.432. The molecule has 0 saturated carbocycles. The van der Waals surface area contributed by atoms with Gasteiger partial charge in [0.2, 0.25) is 0 Å². The van der Waals surface area contributed by atoms with Crippen LogP contribution < -0.4 is 10.6 Å². The zero-order valence-electron chi connectivity index (χ0n) is 15.7. The minimum absolute atomic E-state index is 0. The predicted octanol–water partition coefficient (Wildman–Crippen LogP) is 2.96. The normalized spacial score (nSPS) is 11.5. The Morgan fingerprint density at radius 1 is 1.16 bits per heavy atom. The van der Waals surface area contributed by atoms with Crippen molar-refractivity contribution in [2.75, 3.05) is 26.8 Å². The maximum absolute atomic E-state index is 11.6. The molecule has 6 nitrogen and oxygen atoms in total. The molecule has 2 N–H and O–H groups in total. The third kappa shape index (κ3) is 9.06. The maximum atomic E-state index is 11.6. The van der Waals surface area contributed by atoms with Crippen molar-refractivity contribution in [1.82, 2.24) is 10.6 Å².